The molecule has 0 radical (unpaired) electrons. The van der Waals surface area contributed by atoms with Crippen LogP contribution in [0.15, 0.2) is 40.9 Å². The summed E-state index contributed by atoms with van der Waals surface area (Å²) >= 11 is 3.58. The molecule has 112 valence electrons. The van der Waals surface area contributed by atoms with Gasteiger partial charge in [0.2, 0.25) is 0 Å². The Hall–Kier alpha value is -1.65. The van der Waals surface area contributed by atoms with Crippen LogP contribution in [0, 0.1) is 12.7 Å². The van der Waals surface area contributed by atoms with E-state index in [2.05, 4.69) is 51.4 Å². The standard InChI is InChI=1S/C18H16BrFN2/c1-10-6-11(8-12(19)7-10)17-18-14(4-5-21-17)15-9-13(20)2-3-16(15)22-18/h2-3,6-9,17,21-22H,4-5H2,1H3. The molecule has 0 spiro atoms. The number of halogens is 2. The van der Waals surface area contributed by atoms with Gasteiger partial charge in [-0.05, 0) is 60.4 Å². The van der Waals surface area contributed by atoms with Gasteiger partial charge in [0.25, 0.3) is 0 Å². The SMILES string of the molecule is Cc1cc(Br)cc(C2NCCc3c2[nH]c2ccc(F)cc32)c1. The molecule has 0 saturated carbocycles. The fourth-order valence-corrected chi connectivity index (χ4v) is 4.04. The van der Waals surface area contributed by atoms with Crippen molar-refractivity contribution in [3.63, 3.8) is 0 Å². The van der Waals surface area contributed by atoms with Gasteiger partial charge in [-0.2, -0.15) is 0 Å². The molecule has 4 rings (SSSR count). The predicted molar refractivity (Wildman–Crippen MR) is 90.7 cm³/mol. The van der Waals surface area contributed by atoms with Crippen LogP contribution in [0.2, 0.25) is 0 Å². The molecule has 1 atom stereocenters. The highest BCUT2D eigenvalue weighted by Crippen LogP contribution is 2.34. The molecule has 2 aromatic carbocycles. The van der Waals surface area contributed by atoms with Gasteiger partial charge in [-0.1, -0.05) is 22.0 Å². The Labute approximate surface area is 136 Å². The summed E-state index contributed by atoms with van der Waals surface area (Å²) in [7, 11) is 0. The van der Waals surface area contributed by atoms with E-state index in [0.717, 1.165) is 34.0 Å². The van der Waals surface area contributed by atoms with Crippen molar-refractivity contribution in [1.29, 1.82) is 0 Å². The maximum atomic E-state index is 13.6. The third-order valence-corrected chi connectivity index (χ3v) is 4.77. The first-order chi connectivity index (χ1) is 10.6. The second-order valence-electron chi connectivity index (χ2n) is 5.91. The molecule has 2 heterocycles. The minimum absolute atomic E-state index is 0.121. The third-order valence-electron chi connectivity index (χ3n) is 4.31. The van der Waals surface area contributed by atoms with E-state index >= 15 is 0 Å². The number of aromatic nitrogens is 1. The summed E-state index contributed by atoms with van der Waals surface area (Å²) in [6.07, 6.45) is 0.919. The van der Waals surface area contributed by atoms with Gasteiger partial charge in [0.1, 0.15) is 5.82 Å². The molecule has 1 aliphatic rings. The third kappa shape index (κ3) is 2.27. The summed E-state index contributed by atoms with van der Waals surface area (Å²) in [6.45, 7) is 2.99. The van der Waals surface area contributed by atoms with Crippen molar-refractivity contribution in [2.75, 3.05) is 6.54 Å². The van der Waals surface area contributed by atoms with E-state index in [1.54, 1.807) is 6.07 Å². The van der Waals surface area contributed by atoms with Crippen LogP contribution in [-0.2, 0) is 6.42 Å². The minimum atomic E-state index is -0.178. The highest BCUT2D eigenvalue weighted by Gasteiger charge is 2.25. The molecule has 2 N–H and O–H groups in total. The molecule has 1 unspecified atom stereocenters. The van der Waals surface area contributed by atoms with Gasteiger partial charge in [-0.15, -0.1) is 0 Å². The van der Waals surface area contributed by atoms with Gasteiger partial charge < -0.3 is 10.3 Å². The molecular weight excluding hydrogens is 343 g/mol. The molecule has 0 aliphatic carbocycles. The van der Waals surface area contributed by atoms with Crippen molar-refractivity contribution in [1.82, 2.24) is 10.3 Å². The molecule has 22 heavy (non-hydrogen) atoms. The maximum Gasteiger partial charge on any atom is 0.123 e. The molecule has 1 aliphatic heterocycles. The van der Waals surface area contributed by atoms with Crippen LogP contribution in [0.3, 0.4) is 0 Å². The lowest BCUT2D eigenvalue weighted by molar-refractivity contribution is 0.560. The van der Waals surface area contributed by atoms with Crippen molar-refractivity contribution in [3.8, 4) is 0 Å². The number of nitrogens with one attached hydrogen (secondary N) is 2. The summed E-state index contributed by atoms with van der Waals surface area (Å²) in [4.78, 5) is 3.49. The Balaban J connectivity index is 1.90. The summed E-state index contributed by atoms with van der Waals surface area (Å²) in [5.41, 5.74) is 5.84. The normalized spacial score (nSPS) is 17.7. The zero-order valence-electron chi connectivity index (χ0n) is 12.2. The molecule has 0 saturated heterocycles. The highest BCUT2D eigenvalue weighted by molar-refractivity contribution is 9.10. The Kier molecular flexibility index (Phi) is 3.31. The van der Waals surface area contributed by atoms with Gasteiger partial charge in [0.15, 0.2) is 0 Å². The van der Waals surface area contributed by atoms with E-state index in [4.69, 9.17) is 0 Å². The summed E-state index contributed by atoms with van der Waals surface area (Å²) < 4.78 is 14.7. The zero-order chi connectivity index (χ0) is 15.3. The Morgan fingerprint density at radius 2 is 2.05 bits per heavy atom. The predicted octanol–water partition coefficient (Wildman–Crippen LogP) is 4.61. The van der Waals surface area contributed by atoms with Crippen LogP contribution in [0.5, 0.6) is 0 Å². The number of hydrogen-bond donors (Lipinski definition) is 2. The number of aromatic amines is 1. The number of aryl methyl sites for hydroxylation is 1. The Morgan fingerprint density at radius 1 is 1.18 bits per heavy atom. The lowest BCUT2D eigenvalue weighted by atomic mass is 9.93. The molecule has 4 heteroatoms. The molecule has 1 aromatic heterocycles. The fourth-order valence-electron chi connectivity index (χ4n) is 3.42. The topological polar surface area (TPSA) is 27.8 Å². The Bertz CT molecular complexity index is 849. The van der Waals surface area contributed by atoms with E-state index < -0.39 is 0 Å². The van der Waals surface area contributed by atoms with E-state index in [-0.39, 0.29) is 11.9 Å². The van der Waals surface area contributed by atoms with E-state index in [1.165, 1.54) is 22.8 Å². The smallest absolute Gasteiger partial charge is 0.123 e. The van der Waals surface area contributed by atoms with Crippen LogP contribution >= 0.6 is 15.9 Å². The summed E-state index contributed by atoms with van der Waals surface area (Å²) in [6, 6.07) is 11.5. The molecular formula is C18H16BrFN2. The van der Waals surface area contributed by atoms with Crippen molar-refractivity contribution in [3.05, 3.63) is 69.1 Å². The fraction of sp³-hybridized carbons (Fsp3) is 0.222. The van der Waals surface area contributed by atoms with E-state index in [0.29, 0.717) is 0 Å². The lowest BCUT2D eigenvalue weighted by Gasteiger charge is -2.25. The first-order valence-electron chi connectivity index (χ1n) is 7.42. The summed E-state index contributed by atoms with van der Waals surface area (Å²) in [5, 5.41) is 4.58. The van der Waals surface area contributed by atoms with Crippen LogP contribution in [0.1, 0.15) is 28.4 Å². The van der Waals surface area contributed by atoms with Crippen molar-refractivity contribution >= 4 is 26.8 Å². The molecule has 0 fully saturated rings. The Morgan fingerprint density at radius 3 is 2.86 bits per heavy atom. The van der Waals surface area contributed by atoms with Gasteiger partial charge >= 0.3 is 0 Å². The second kappa shape index (κ2) is 5.21. The number of rotatable bonds is 1. The molecule has 3 aromatic rings. The quantitative estimate of drug-likeness (QED) is 0.652. The monoisotopic (exact) mass is 358 g/mol. The van der Waals surface area contributed by atoms with Crippen LogP contribution < -0.4 is 5.32 Å². The van der Waals surface area contributed by atoms with E-state index in [9.17, 15) is 4.39 Å². The molecule has 2 nitrogen and oxygen atoms in total. The first-order valence-corrected chi connectivity index (χ1v) is 8.21. The lowest BCUT2D eigenvalue weighted by Crippen LogP contribution is -2.30. The molecule has 0 bridgehead atoms. The van der Waals surface area contributed by atoms with Gasteiger partial charge in [0, 0.05) is 27.6 Å². The van der Waals surface area contributed by atoms with Crippen LogP contribution in [0.25, 0.3) is 10.9 Å². The highest BCUT2D eigenvalue weighted by atomic mass is 79.9. The first kappa shape index (κ1) is 14.0. The second-order valence-corrected chi connectivity index (χ2v) is 6.82. The van der Waals surface area contributed by atoms with Crippen molar-refractivity contribution in [2.45, 2.75) is 19.4 Å². The van der Waals surface area contributed by atoms with E-state index in [1.807, 2.05) is 6.07 Å². The number of fused-ring (bicyclic) bond motifs is 3. The van der Waals surface area contributed by atoms with Crippen molar-refractivity contribution < 1.29 is 4.39 Å². The largest absolute Gasteiger partial charge is 0.357 e. The van der Waals surface area contributed by atoms with Crippen LogP contribution in [-0.4, -0.2) is 11.5 Å². The number of benzene rings is 2. The van der Waals surface area contributed by atoms with Crippen molar-refractivity contribution in [2.24, 2.45) is 0 Å². The average molecular weight is 359 g/mol. The van der Waals surface area contributed by atoms with Gasteiger partial charge in [0.05, 0.1) is 6.04 Å². The molecule has 0 amide bonds. The minimum Gasteiger partial charge on any atom is -0.357 e. The number of H-pyrrole nitrogens is 1. The van der Waals surface area contributed by atoms with Gasteiger partial charge in [-0.25, -0.2) is 4.39 Å². The van der Waals surface area contributed by atoms with Crippen LogP contribution in [0.4, 0.5) is 4.39 Å². The zero-order valence-corrected chi connectivity index (χ0v) is 13.8. The average Bonchev–Trinajstić information content (AvgIpc) is 2.84. The number of hydrogen-bond acceptors (Lipinski definition) is 1. The summed E-state index contributed by atoms with van der Waals surface area (Å²) in [5.74, 6) is -0.178. The van der Waals surface area contributed by atoms with Gasteiger partial charge in [-0.3, -0.25) is 0 Å². The maximum absolute atomic E-state index is 13.6.